The molecule has 0 saturated carbocycles. The minimum absolute atomic E-state index is 0.0308. The summed E-state index contributed by atoms with van der Waals surface area (Å²) in [5, 5.41) is 7.85. The Morgan fingerprint density at radius 1 is 1.25 bits per heavy atom. The molecule has 0 aliphatic carbocycles. The number of hydrogen-bond donors (Lipinski definition) is 1. The monoisotopic (exact) mass is 272 g/mol. The number of rotatable bonds is 4. The fourth-order valence-corrected chi connectivity index (χ4v) is 1.92. The molecular formula is C16H24N4. The number of hydrogen-bond acceptors (Lipinski definition) is 3. The normalized spacial score (nSPS) is 11.4. The molecule has 0 atom stereocenters. The van der Waals surface area contributed by atoms with E-state index in [-0.39, 0.29) is 5.54 Å². The van der Waals surface area contributed by atoms with Gasteiger partial charge in [-0.3, -0.25) is 4.68 Å². The Bertz CT molecular complexity index is 564. The summed E-state index contributed by atoms with van der Waals surface area (Å²) in [5.41, 5.74) is 3.54. The van der Waals surface area contributed by atoms with Crippen LogP contribution in [0.15, 0.2) is 36.7 Å². The molecule has 0 radical (unpaired) electrons. The summed E-state index contributed by atoms with van der Waals surface area (Å²) in [5.74, 6) is 0. The predicted octanol–water partition coefficient (Wildman–Crippen LogP) is 3.32. The molecule has 2 aromatic rings. The first-order valence-corrected chi connectivity index (χ1v) is 6.91. The van der Waals surface area contributed by atoms with E-state index >= 15 is 0 Å². The van der Waals surface area contributed by atoms with Crippen molar-refractivity contribution in [1.82, 2.24) is 9.78 Å². The van der Waals surface area contributed by atoms with Gasteiger partial charge in [-0.15, -0.1) is 0 Å². The number of benzene rings is 1. The highest BCUT2D eigenvalue weighted by Gasteiger charge is 2.13. The van der Waals surface area contributed by atoms with Gasteiger partial charge in [0.15, 0.2) is 0 Å². The SMILES string of the molecule is CN(C)c1cccc(NCc2cnn(C(C)(C)C)c2)c1. The average Bonchev–Trinajstić information content (AvgIpc) is 2.85. The van der Waals surface area contributed by atoms with Gasteiger partial charge in [0.2, 0.25) is 0 Å². The van der Waals surface area contributed by atoms with Gasteiger partial charge in [-0.05, 0) is 39.0 Å². The highest BCUT2D eigenvalue weighted by Crippen LogP contribution is 2.18. The Balaban J connectivity index is 2.02. The van der Waals surface area contributed by atoms with Gasteiger partial charge >= 0.3 is 0 Å². The first kappa shape index (κ1) is 14.4. The van der Waals surface area contributed by atoms with Gasteiger partial charge in [0.25, 0.3) is 0 Å². The van der Waals surface area contributed by atoms with Crippen molar-refractivity contribution < 1.29 is 0 Å². The number of aromatic nitrogens is 2. The summed E-state index contributed by atoms with van der Waals surface area (Å²) >= 11 is 0. The maximum atomic E-state index is 4.41. The highest BCUT2D eigenvalue weighted by molar-refractivity contribution is 5.57. The van der Waals surface area contributed by atoms with Crippen LogP contribution in [0.25, 0.3) is 0 Å². The minimum atomic E-state index is 0.0308. The lowest BCUT2D eigenvalue weighted by Crippen LogP contribution is -2.21. The van der Waals surface area contributed by atoms with E-state index in [1.165, 1.54) is 11.3 Å². The third-order valence-electron chi connectivity index (χ3n) is 3.18. The van der Waals surface area contributed by atoms with Gasteiger partial charge in [0, 0.05) is 43.8 Å². The second-order valence-electron chi connectivity index (χ2n) is 6.26. The molecule has 1 heterocycles. The molecule has 0 aliphatic rings. The van der Waals surface area contributed by atoms with Crippen molar-refractivity contribution in [2.75, 3.05) is 24.3 Å². The molecule has 0 bridgehead atoms. The highest BCUT2D eigenvalue weighted by atomic mass is 15.3. The van der Waals surface area contributed by atoms with Crippen molar-refractivity contribution in [3.63, 3.8) is 0 Å². The van der Waals surface area contributed by atoms with Crippen molar-refractivity contribution in [3.05, 3.63) is 42.2 Å². The van der Waals surface area contributed by atoms with Crippen LogP contribution in [0.4, 0.5) is 11.4 Å². The smallest absolute Gasteiger partial charge is 0.0543 e. The van der Waals surface area contributed by atoms with Crippen molar-refractivity contribution in [1.29, 1.82) is 0 Å². The summed E-state index contributed by atoms with van der Waals surface area (Å²) in [7, 11) is 4.10. The molecule has 4 nitrogen and oxygen atoms in total. The molecule has 0 saturated heterocycles. The largest absolute Gasteiger partial charge is 0.381 e. The average molecular weight is 272 g/mol. The lowest BCUT2D eigenvalue weighted by Gasteiger charge is -2.18. The van der Waals surface area contributed by atoms with E-state index < -0.39 is 0 Å². The number of nitrogens with one attached hydrogen (secondary N) is 1. The van der Waals surface area contributed by atoms with Crippen molar-refractivity contribution >= 4 is 11.4 Å². The molecular weight excluding hydrogens is 248 g/mol. The quantitative estimate of drug-likeness (QED) is 0.927. The van der Waals surface area contributed by atoms with Crippen LogP contribution in [-0.2, 0) is 12.1 Å². The van der Waals surface area contributed by atoms with Gasteiger partial charge in [-0.2, -0.15) is 5.10 Å². The summed E-state index contributed by atoms with van der Waals surface area (Å²) in [6.07, 6.45) is 4.02. The zero-order valence-corrected chi connectivity index (χ0v) is 13.0. The van der Waals surface area contributed by atoms with E-state index in [0.29, 0.717) is 0 Å². The third kappa shape index (κ3) is 3.53. The fourth-order valence-electron chi connectivity index (χ4n) is 1.92. The Kier molecular flexibility index (Phi) is 4.02. The van der Waals surface area contributed by atoms with E-state index in [4.69, 9.17) is 0 Å². The van der Waals surface area contributed by atoms with Crippen LogP contribution >= 0.6 is 0 Å². The van der Waals surface area contributed by atoms with Crippen LogP contribution in [0, 0.1) is 0 Å². The lowest BCUT2D eigenvalue weighted by atomic mass is 10.1. The summed E-state index contributed by atoms with van der Waals surface area (Å²) in [6, 6.07) is 8.40. The van der Waals surface area contributed by atoms with Crippen molar-refractivity contribution in [2.45, 2.75) is 32.9 Å². The molecule has 0 spiro atoms. The van der Waals surface area contributed by atoms with E-state index in [2.05, 4.69) is 66.5 Å². The van der Waals surface area contributed by atoms with Gasteiger partial charge in [-0.25, -0.2) is 0 Å². The molecule has 1 aromatic carbocycles. The van der Waals surface area contributed by atoms with Gasteiger partial charge < -0.3 is 10.2 Å². The maximum absolute atomic E-state index is 4.41. The van der Waals surface area contributed by atoms with E-state index in [9.17, 15) is 0 Å². The molecule has 1 aromatic heterocycles. The molecule has 0 fully saturated rings. The van der Waals surface area contributed by atoms with Crippen LogP contribution in [0.1, 0.15) is 26.3 Å². The van der Waals surface area contributed by atoms with Gasteiger partial charge in [-0.1, -0.05) is 6.07 Å². The number of nitrogens with zero attached hydrogens (tertiary/aromatic N) is 3. The topological polar surface area (TPSA) is 33.1 Å². The molecule has 20 heavy (non-hydrogen) atoms. The Hall–Kier alpha value is -1.97. The molecule has 2 rings (SSSR count). The molecule has 108 valence electrons. The van der Waals surface area contributed by atoms with Crippen LogP contribution < -0.4 is 10.2 Å². The van der Waals surface area contributed by atoms with Crippen molar-refractivity contribution in [3.8, 4) is 0 Å². The Labute approximate surface area is 121 Å². The lowest BCUT2D eigenvalue weighted by molar-refractivity contribution is 0.355. The Morgan fingerprint density at radius 2 is 2.00 bits per heavy atom. The summed E-state index contributed by atoms with van der Waals surface area (Å²) in [4.78, 5) is 2.10. The first-order chi connectivity index (χ1) is 9.36. The molecule has 0 aliphatic heterocycles. The second kappa shape index (κ2) is 5.57. The maximum Gasteiger partial charge on any atom is 0.0543 e. The van der Waals surface area contributed by atoms with E-state index in [1.807, 2.05) is 25.0 Å². The van der Waals surface area contributed by atoms with E-state index in [0.717, 1.165) is 12.2 Å². The third-order valence-corrected chi connectivity index (χ3v) is 3.18. The number of anilines is 2. The van der Waals surface area contributed by atoms with Crippen molar-refractivity contribution in [2.24, 2.45) is 0 Å². The summed E-state index contributed by atoms with van der Waals surface area (Å²) < 4.78 is 2.00. The van der Waals surface area contributed by atoms with Crippen LogP contribution in [0.2, 0.25) is 0 Å². The van der Waals surface area contributed by atoms with Gasteiger partial charge in [0.1, 0.15) is 0 Å². The minimum Gasteiger partial charge on any atom is -0.381 e. The first-order valence-electron chi connectivity index (χ1n) is 6.91. The predicted molar refractivity (Wildman–Crippen MR) is 85.3 cm³/mol. The second-order valence-corrected chi connectivity index (χ2v) is 6.26. The van der Waals surface area contributed by atoms with Crippen LogP contribution in [-0.4, -0.2) is 23.9 Å². The molecule has 0 amide bonds. The molecule has 1 N–H and O–H groups in total. The fraction of sp³-hybridized carbons (Fsp3) is 0.438. The standard InChI is InChI=1S/C16H24N4/c1-16(2,3)20-12-13(11-18-20)10-17-14-7-6-8-15(9-14)19(4)5/h6-9,11-12,17H,10H2,1-5H3. The summed E-state index contributed by atoms with van der Waals surface area (Å²) in [6.45, 7) is 7.24. The zero-order chi connectivity index (χ0) is 14.8. The van der Waals surface area contributed by atoms with E-state index in [1.54, 1.807) is 0 Å². The molecule has 4 heteroatoms. The Morgan fingerprint density at radius 3 is 2.60 bits per heavy atom. The van der Waals surface area contributed by atoms with Crippen LogP contribution in [0.3, 0.4) is 0 Å². The van der Waals surface area contributed by atoms with Gasteiger partial charge in [0.05, 0.1) is 11.7 Å². The van der Waals surface area contributed by atoms with Crippen LogP contribution in [0.5, 0.6) is 0 Å². The zero-order valence-electron chi connectivity index (χ0n) is 13.0. The molecule has 0 unspecified atom stereocenters.